The predicted octanol–water partition coefficient (Wildman–Crippen LogP) is 8.11. The molecule has 0 N–H and O–H groups in total. The van der Waals surface area contributed by atoms with E-state index in [1.165, 1.54) is 19.3 Å². The molecule has 0 heteroatoms. The summed E-state index contributed by atoms with van der Waals surface area (Å²) in [5.41, 5.74) is 1.89. The molecule has 9 atom stereocenters. The topological polar surface area (TPSA) is 0 Å². The molecule has 0 amide bonds. The van der Waals surface area contributed by atoms with Crippen molar-refractivity contribution in [3.05, 3.63) is 0 Å². The highest BCUT2D eigenvalue weighted by Gasteiger charge is 2.65. The average molecular weight is 371 g/mol. The lowest BCUT2D eigenvalue weighted by atomic mass is 9.36. The Morgan fingerprint density at radius 2 is 1.26 bits per heavy atom. The molecule has 0 heterocycles. The maximum atomic E-state index is 2.80. The van der Waals surface area contributed by atoms with E-state index < -0.39 is 0 Å². The standard InChI is InChI=1S/C27H46/c1-6-18-9-10-20-19(18)13-16-26(4)23(20)11-12-24-21-8-7-15-25(2,3)22(21)14-17-27(24,26)5/h18-24H,6-17H2,1-5H3/t18-,19+,20-,21-,22+,23+,24+,26+,27+/m0/s1. The van der Waals surface area contributed by atoms with Crippen LogP contribution >= 0.6 is 0 Å². The molecule has 5 rings (SSSR count). The fourth-order valence-electron chi connectivity index (χ4n) is 10.6. The van der Waals surface area contributed by atoms with Gasteiger partial charge in [-0.15, -0.1) is 0 Å². The van der Waals surface area contributed by atoms with Crippen molar-refractivity contribution in [2.45, 2.75) is 112 Å². The SMILES string of the molecule is CC[C@H]1CC[C@H]2[C@@H]1CC[C@]1(C)[C@@H]2CC[C@@H]2[C@H]3CCCC(C)(C)[C@@H]3CC[C@]21C. The van der Waals surface area contributed by atoms with E-state index in [2.05, 4.69) is 34.6 Å². The first kappa shape index (κ1) is 19.0. The lowest BCUT2D eigenvalue weighted by molar-refractivity contribution is -0.196. The fourth-order valence-corrected chi connectivity index (χ4v) is 10.6. The van der Waals surface area contributed by atoms with Gasteiger partial charge in [-0.3, -0.25) is 0 Å². The predicted molar refractivity (Wildman–Crippen MR) is 116 cm³/mol. The van der Waals surface area contributed by atoms with Crippen LogP contribution in [0.3, 0.4) is 0 Å². The quantitative estimate of drug-likeness (QED) is 0.437. The zero-order valence-electron chi connectivity index (χ0n) is 19.0. The number of fused-ring (bicyclic) bond motifs is 7. The molecule has 5 aliphatic rings. The van der Waals surface area contributed by atoms with Crippen molar-refractivity contribution in [3.63, 3.8) is 0 Å². The molecule has 0 nitrogen and oxygen atoms in total. The molecule has 0 aromatic carbocycles. The van der Waals surface area contributed by atoms with E-state index >= 15 is 0 Å². The summed E-state index contributed by atoms with van der Waals surface area (Å²) in [6.07, 6.45) is 18.5. The Morgan fingerprint density at radius 3 is 1.96 bits per heavy atom. The van der Waals surface area contributed by atoms with Crippen molar-refractivity contribution in [2.24, 2.45) is 57.7 Å². The maximum absolute atomic E-state index is 2.80. The third-order valence-corrected chi connectivity index (χ3v) is 12.2. The summed E-state index contributed by atoms with van der Waals surface area (Å²) in [4.78, 5) is 0. The Bertz CT molecular complexity index is 575. The van der Waals surface area contributed by atoms with E-state index in [0.29, 0.717) is 16.2 Å². The normalized spacial score (nSPS) is 56.6. The lowest BCUT2D eigenvalue weighted by Crippen LogP contribution is -2.61. The van der Waals surface area contributed by atoms with Crippen LogP contribution in [0.2, 0.25) is 0 Å². The van der Waals surface area contributed by atoms with Crippen LogP contribution in [0, 0.1) is 57.7 Å². The van der Waals surface area contributed by atoms with Gasteiger partial charge in [-0.1, -0.05) is 47.5 Å². The van der Waals surface area contributed by atoms with Crippen LogP contribution in [0.1, 0.15) is 112 Å². The van der Waals surface area contributed by atoms with Crippen molar-refractivity contribution in [3.8, 4) is 0 Å². The Labute approximate surface area is 169 Å². The van der Waals surface area contributed by atoms with Crippen molar-refractivity contribution < 1.29 is 0 Å². The van der Waals surface area contributed by atoms with Crippen molar-refractivity contribution in [1.82, 2.24) is 0 Å². The summed E-state index contributed by atoms with van der Waals surface area (Å²) in [6, 6.07) is 0. The largest absolute Gasteiger partial charge is 0.0651 e. The van der Waals surface area contributed by atoms with Gasteiger partial charge < -0.3 is 0 Å². The molecule has 0 aromatic rings. The minimum atomic E-state index is 0.611. The molecule has 5 aliphatic carbocycles. The number of rotatable bonds is 1. The fraction of sp³-hybridized carbons (Fsp3) is 1.00. The van der Waals surface area contributed by atoms with Gasteiger partial charge in [0.2, 0.25) is 0 Å². The summed E-state index contributed by atoms with van der Waals surface area (Å²) in [5, 5.41) is 0. The van der Waals surface area contributed by atoms with E-state index in [1.807, 2.05) is 0 Å². The summed E-state index contributed by atoms with van der Waals surface area (Å²) < 4.78 is 0. The average Bonchev–Trinajstić information content (AvgIpc) is 3.04. The lowest BCUT2D eigenvalue weighted by Gasteiger charge is -2.68. The first-order valence-corrected chi connectivity index (χ1v) is 12.8. The highest BCUT2D eigenvalue weighted by molar-refractivity contribution is 5.13. The monoisotopic (exact) mass is 370 g/mol. The highest BCUT2D eigenvalue weighted by atomic mass is 14.7. The Hall–Kier alpha value is 0. The summed E-state index contributed by atoms with van der Waals surface area (Å²) >= 11 is 0. The van der Waals surface area contributed by atoms with Crippen LogP contribution in [-0.2, 0) is 0 Å². The minimum absolute atomic E-state index is 0.611. The Kier molecular flexibility index (Phi) is 4.39. The third-order valence-electron chi connectivity index (χ3n) is 12.2. The zero-order valence-corrected chi connectivity index (χ0v) is 19.0. The molecule has 0 aliphatic heterocycles. The van der Waals surface area contributed by atoms with Crippen molar-refractivity contribution in [1.29, 1.82) is 0 Å². The summed E-state index contributed by atoms with van der Waals surface area (Å²) in [5.74, 6) is 7.43. The van der Waals surface area contributed by atoms with E-state index in [4.69, 9.17) is 0 Å². The van der Waals surface area contributed by atoms with Gasteiger partial charge in [-0.05, 0) is 122 Å². The van der Waals surface area contributed by atoms with Gasteiger partial charge in [0.05, 0.1) is 0 Å². The van der Waals surface area contributed by atoms with Crippen molar-refractivity contribution in [2.75, 3.05) is 0 Å². The molecule has 27 heavy (non-hydrogen) atoms. The van der Waals surface area contributed by atoms with Gasteiger partial charge in [0.1, 0.15) is 0 Å². The minimum Gasteiger partial charge on any atom is -0.0651 e. The summed E-state index contributed by atoms with van der Waals surface area (Å²) in [6.45, 7) is 13.3. The van der Waals surface area contributed by atoms with Crippen LogP contribution in [0.5, 0.6) is 0 Å². The molecule has 0 unspecified atom stereocenters. The van der Waals surface area contributed by atoms with Crippen LogP contribution in [0.15, 0.2) is 0 Å². The van der Waals surface area contributed by atoms with Gasteiger partial charge in [0.15, 0.2) is 0 Å². The Balaban J connectivity index is 1.46. The third kappa shape index (κ3) is 2.46. The first-order valence-electron chi connectivity index (χ1n) is 12.8. The van der Waals surface area contributed by atoms with Gasteiger partial charge in [0.25, 0.3) is 0 Å². The van der Waals surface area contributed by atoms with Crippen LogP contribution in [0.25, 0.3) is 0 Å². The van der Waals surface area contributed by atoms with Gasteiger partial charge in [-0.25, -0.2) is 0 Å². The van der Waals surface area contributed by atoms with Crippen LogP contribution in [0.4, 0.5) is 0 Å². The maximum Gasteiger partial charge on any atom is -0.0238 e. The molecule has 5 fully saturated rings. The summed E-state index contributed by atoms with van der Waals surface area (Å²) in [7, 11) is 0. The molecule has 0 aromatic heterocycles. The van der Waals surface area contributed by atoms with Crippen LogP contribution < -0.4 is 0 Å². The highest BCUT2D eigenvalue weighted by Crippen LogP contribution is 2.73. The second kappa shape index (κ2) is 6.25. The second-order valence-corrected chi connectivity index (χ2v) is 12.9. The molecule has 5 saturated carbocycles. The van der Waals surface area contributed by atoms with E-state index in [-0.39, 0.29) is 0 Å². The van der Waals surface area contributed by atoms with E-state index in [1.54, 1.807) is 57.8 Å². The second-order valence-electron chi connectivity index (χ2n) is 12.9. The van der Waals surface area contributed by atoms with Gasteiger partial charge in [0, 0.05) is 0 Å². The van der Waals surface area contributed by atoms with E-state index in [0.717, 1.165) is 41.4 Å². The van der Waals surface area contributed by atoms with Gasteiger partial charge >= 0.3 is 0 Å². The molecular weight excluding hydrogens is 324 g/mol. The Morgan fingerprint density at radius 1 is 0.593 bits per heavy atom. The molecule has 0 spiro atoms. The number of hydrogen-bond donors (Lipinski definition) is 0. The molecular formula is C27H46. The zero-order chi connectivity index (χ0) is 19.0. The first-order chi connectivity index (χ1) is 12.8. The van der Waals surface area contributed by atoms with Crippen LogP contribution in [-0.4, -0.2) is 0 Å². The van der Waals surface area contributed by atoms with Gasteiger partial charge in [-0.2, -0.15) is 0 Å². The molecule has 0 radical (unpaired) electrons. The smallest absolute Gasteiger partial charge is 0.0238 e. The molecule has 0 bridgehead atoms. The van der Waals surface area contributed by atoms with E-state index in [9.17, 15) is 0 Å². The molecule has 0 saturated heterocycles. The molecule has 154 valence electrons. The number of hydrogen-bond acceptors (Lipinski definition) is 0. The van der Waals surface area contributed by atoms with Crippen molar-refractivity contribution >= 4 is 0 Å².